The molecule has 0 saturated heterocycles. The van der Waals surface area contributed by atoms with Crippen molar-refractivity contribution in [1.29, 1.82) is 0 Å². The molecule has 0 atom stereocenters. The Morgan fingerprint density at radius 2 is 1.91 bits per heavy atom. The van der Waals surface area contributed by atoms with Gasteiger partial charge < -0.3 is 10.1 Å². The van der Waals surface area contributed by atoms with Crippen LogP contribution in [0.25, 0.3) is 0 Å². The molecule has 22 heavy (non-hydrogen) atoms. The fraction of sp³-hybridized carbons (Fsp3) is 0.333. The smallest absolute Gasteiger partial charge is 0.286 e. The molecular formula is C18H23N2O2+. The van der Waals surface area contributed by atoms with E-state index < -0.39 is 0 Å². The van der Waals surface area contributed by atoms with E-state index in [1.807, 2.05) is 61.0 Å². The highest BCUT2D eigenvalue weighted by Crippen LogP contribution is 2.11. The summed E-state index contributed by atoms with van der Waals surface area (Å²) in [6.45, 7) is 5.07. The number of carbonyl (C=O) groups is 1. The zero-order valence-corrected chi connectivity index (χ0v) is 13.4. The first-order valence-electron chi connectivity index (χ1n) is 7.45. The Labute approximate surface area is 131 Å². The summed E-state index contributed by atoms with van der Waals surface area (Å²) >= 11 is 0. The summed E-state index contributed by atoms with van der Waals surface area (Å²) in [6.07, 6.45) is 2.75. The summed E-state index contributed by atoms with van der Waals surface area (Å²) in [6, 6.07) is 11.9. The molecule has 0 aliphatic rings. The van der Waals surface area contributed by atoms with Crippen molar-refractivity contribution in [3.8, 4) is 5.75 Å². The maximum absolute atomic E-state index is 12.0. The van der Waals surface area contributed by atoms with Gasteiger partial charge in [-0.3, -0.25) is 4.79 Å². The van der Waals surface area contributed by atoms with Crippen molar-refractivity contribution in [2.45, 2.75) is 26.8 Å². The van der Waals surface area contributed by atoms with Gasteiger partial charge in [-0.25, -0.2) is 0 Å². The van der Waals surface area contributed by atoms with Gasteiger partial charge in [0.1, 0.15) is 5.75 Å². The number of nitrogens with zero attached hydrogens (tertiary/aromatic N) is 1. The first kappa shape index (κ1) is 16.0. The molecule has 1 amide bonds. The molecule has 1 heterocycles. The predicted octanol–water partition coefficient (Wildman–Crippen LogP) is 1.96. The van der Waals surface area contributed by atoms with Gasteiger partial charge in [-0.1, -0.05) is 12.1 Å². The maximum Gasteiger partial charge on any atom is 0.286 e. The van der Waals surface area contributed by atoms with E-state index in [-0.39, 0.29) is 5.91 Å². The molecule has 0 aliphatic heterocycles. The minimum Gasteiger partial charge on any atom is -0.497 e. The molecule has 0 fully saturated rings. The summed E-state index contributed by atoms with van der Waals surface area (Å²) in [4.78, 5) is 12.0. The lowest BCUT2D eigenvalue weighted by Crippen LogP contribution is -2.45. The van der Waals surface area contributed by atoms with Crippen LogP contribution < -0.4 is 14.6 Å². The third-order valence-electron chi connectivity index (χ3n) is 3.82. The Hall–Kier alpha value is -2.36. The zero-order chi connectivity index (χ0) is 15.9. The van der Waals surface area contributed by atoms with E-state index in [1.165, 1.54) is 11.1 Å². The first-order valence-corrected chi connectivity index (χ1v) is 7.45. The number of hydrogen-bond donors (Lipinski definition) is 1. The van der Waals surface area contributed by atoms with Crippen molar-refractivity contribution in [3.63, 3.8) is 0 Å². The molecule has 0 spiro atoms. The number of benzene rings is 1. The van der Waals surface area contributed by atoms with Gasteiger partial charge in [0.2, 0.25) is 6.54 Å². The molecule has 0 saturated carbocycles. The minimum absolute atomic E-state index is 0.0345. The van der Waals surface area contributed by atoms with Crippen molar-refractivity contribution >= 4 is 5.91 Å². The summed E-state index contributed by atoms with van der Waals surface area (Å²) in [5.41, 5.74) is 3.49. The van der Waals surface area contributed by atoms with E-state index >= 15 is 0 Å². The van der Waals surface area contributed by atoms with E-state index in [2.05, 4.69) is 5.32 Å². The maximum atomic E-state index is 12.0. The lowest BCUT2D eigenvalue weighted by molar-refractivity contribution is -0.690. The van der Waals surface area contributed by atoms with Crippen LogP contribution in [-0.4, -0.2) is 19.6 Å². The molecule has 0 bridgehead atoms. The van der Waals surface area contributed by atoms with Gasteiger partial charge in [0, 0.05) is 25.1 Å². The van der Waals surface area contributed by atoms with E-state index in [1.54, 1.807) is 7.11 Å². The van der Waals surface area contributed by atoms with Crippen LogP contribution in [0, 0.1) is 13.8 Å². The predicted molar refractivity (Wildman–Crippen MR) is 85.8 cm³/mol. The number of methoxy groups -OCH3 is 1. The number of aromatic nitrogens is 1. The second kappa shape index (κ2) is 7.59. The highest BCUT2D eigenvalue weighted by atomic mass is 16.5. The first-order chi connectivity index (χ1) is 10.6. The molecule has 0 aliphatic carbocycles. The summed E-state index contributed by atoms with van der Waals surface area (Å²) in [5.74, 6) is 0.881. The highest BCUT2D eigenvalue weighted by molar-refractivity contribution is 5.74. The molecule has 4 nitrogen and oxygen atoms in total. The quantitative estimate of drug-likeness (QED) is 0.829. The molecule has 1 N–H and O–H groups in total. The normalized spacial score (nSPS) is 10.3. The topological polar surface area (TPSA) is 42.2 Å². The zero-order valence-electron chi connectivity index (χ0n) is 13.4. The molecule has 116 valence electrons. The van der Waals surface area contributed by atoms with E-state index in [0.717, 1.165) is 17.9 Å². The fourth-order valence-corrected chi connectivity index (χ4v) is 2.27. The fourth-order valence-electron chi connectivity index (χ4n) is 2.27. The number of carbonyl (C=O) groups excluding carboxylic acids is 1. The lowest BCUT2D eigenvalue weighted by Gasteiger charge is -2.06. The number of nitrogens with one attached hydrogen (secondary N) is 1. The van der Waals surface area contributed by atoms with Crippen molar-refractivity contribution in [1.82, 2.24) is 5.32 Å². The van der Waals surface area contributed by atoms with Gasteiger partial charge in [0.15, 0.2) is 11.9 Å². The summed E-state index contributed by atoms with van der Waals surface area (Å²) in [5, 5.41) is 2.96. The summed E-state index contributed by atoms with van der Waals surface area (Å²) < 4.78 is 7.10. The van der Waals surface area contributed by atoms with Crippen molar-refractivity contribution in [2.75, 3.05) is 13.7 Å². The molecular weight excluding hydrogens is 276 g/mol. The number of ether oxygens (including phenoxy) is 1. The minimum atomic E-state index is 0.0345. The van der Waals surface area contributed by atoms with Crippen LogP contribution in [0.5, 0.6) is 5.75 Å². The Balaban J connectivity index is 1.81. The number of pyridine rings is 1. The molecule has 2 rings (SSSR count). The van der Waals surface area contributed by atoms with Gasteiger partial charge in [-0.05, 0) is 37.1 Å². The monoisotopic (exact) mass is 299 g/mol. The van der Waals surface area contributed by atoms with Crippen molar-refractivity contribution in [2.24, 2.45) is 0 Å². The number of rotatable bonds is 6. The molecule has 4 heteroatoms. The van der Waals surface area contributed by atoms with Gasteiger partial charge in [0.25, 0.3) is 5.91 Å². The van der Waals surface area contributed by atoms with E-state index in [9.17, 15) is 4.79 Å². The van der Waals surface area contributed by atoms with Crippen LogP contribution in [-0.2, 0) is 17.8 Å². The van der Waals surface area contributed by atoms with Crippen molar-refractivity contribution in [3.05, 3.63) is 59.4 Å². The summed E-state index contributed by atoms with van der Waals surface area (Å²) in [7, 11) is 1.65. The van der Waals surface area contributed by atoms with Crippen LogP contribution >= 0.6 is 0 Å². The van der Waals surface area contributed by atoms with Gasteiger partial charge in [-0.15, -0.1) is 0 Å². The van der Waals surface area contributed by atoms with Crippen molar-refractivity contribution < 1.29 is 14.1 Å². The van der Waals surface area contributed by atoms with Gasteiger partial charge in [-0.2, -0.15) is 4.57 Å². The van der Waals surface area contributed by atoms with Crippen LogP contribution in [0.4, 0.5) is 0 Å². The largest absolute Gasteiger partial charge is 0.497 e. The number of hydrogen-bond acceptors (Lipinski definition) is 2. The van der Waals surface area contributed by atoms with Gasteiger partial charge in [0.05, 0.1) is 7.11 Å². The molecule has 0 radical (unpaired) electrons. The van der Waals surface area contributed by atoms with E-state index in [4.69, 9.17) is 4.74 Å². The standard InChI is InChI=1S/C18H22N2O2/c1-14-5-4-12-20(15(14)2)13-18(21)19-11-10-16-6-8-17(22-3)9-7-16/h4-9,12H,10-11,13H2,1-3H3/p+1. The molecule has 1 aromatic carbocycles. The van der Waals surface area contributed by atoms with Crippen LogP contribution in [0.2, 0.25) is 0 Å². The second-order valence-electron chi connectivity index (χ2n) is 5.35. The van der Waals surface area contributed by atoms with E-state index in [0.29, 0.717) is 13.1 Å². The van der Waals surface area contributed by atoms with Crippen LogP contribution in [0.15, 0.2) is 42.6 Å². The Morgan fingerprint density at radius 3 is 2.59 bits per heavy atom. The third kappa shape index (κ3) is 4.32. The molecule has 0 unspecified atom stereocenters. The Morgan fingerprint density at radius 1 is 1.18 bits per heavy atom. The molecule has 1 aromatic heterocycles. The number of aryl methyl sites for hydroxylation is 1. The SMILES string of the molecule is COc1ccc(CCNC(=O)C[n+]2cccc(C)c2C)cc1. The Bertz CT molecular complexity index is 636. The van der Waals surface area contributed by atoms with Crippen LogP contribution in [0.1, 0.15) is 16.8 Å². The Kier molecular flexibility index (Phi) is 5.53. The second-order valence-corrected chi connectivity index (χ2v) is 5.35. The van der Waals surface area contributed by atoms with Crippen LogP contribution in [0.3, 0.4) is 0 Å². The third-order valence-corrected chi connectivity index (χ3v) is 3.82. The molecule has 2 aromatic rings. The number of amides is 1. The lowest BCUT2D eigenvalue weighted by atomic mass is 10.1. The highest BCUT2D eigenvalue weighted by Gasteiger charge is 2.13. The van der Waals surface area contributed by atoms with Gasteiger partial charge >= 0.3 is 0 Å². The average molecular weight is 299 g/mol. The average Bonchev–Trinajstić information content (AvgIpc) is 2.52.